The molecule has 2 heterocycles. The molecular formula is C22H22N2O5. The summed E-state index contributed by atoms with van der Waals surface area (Å²) in [6.07, 6.45) is 0. The van der Waals surface area contributed by atoms with Gasteiger partial charge in [0.25, 0.3) is 0 Å². The molecule has 1 aliphatic rings. The highest BCUT2D eigenvalue weighted by Crippen LogP contribution is 2.36. The van der Waals surface area contributed by atoms with Crippen LogP contribution < -0.4 is 9.47 Å². The molecule has 150 valence electrons. The normalized spacial score (nSPS) is 12.2. The van der Waals surface area contributed by atoms with Crippen LogP contribution in [0.4, 0.5) is 0 Å². The molecule has 0 fully saturated rings. The Bertz CT molecular complexity index is 970. The van der Waals surface area contributed by atoms with E-state index in [0.29, 0.717) is 36.0 Å². The molecule has 1 aromatic heterocycles. The summed E-state index contributed by atoms with van der Waals surface area (Å²) in [6.45, 7) is 3.56. The van der Waals surface area contributed by atoms with E-state index >= 15 is 0 Å². The number of carbonyl (C=O) groups excluding carboxylic acids is 1. The molecule has 7 nitrogen and oxygen atoms in total. The minimum atomic E-state index is -0.0594. The van der Waals surface area contributed by atoms with Crippen LogP contribution >= 0.6 is 0 Å². The van der Waals surface area contributed by atoms with E-state index in [1.807, 2.05) is 55.5 Å². The molecule has 0 bridgehead atoms. The molecule has 0 spiro atoms. The van der Waals surface area contributed by atoms with Crippen LogP contribution in [0.5, 0.6) is 11.5 Å². The molecule has 1 aliphatic heterocycles. The van der Waals surface area contributed by atoms with E-state index in [4.69, 9.17) is 18.7 Å². The number of benzene rings is 2. The minimum Gasteiger partial charge on any atom is -0.454 e. The Morgan fingerprint density at radius 2 is 1.93 bits per heavy atom. The zero-order valence-corrected chi connectivity index (χ0v) is 16.2. The van der Waals surface area contributed by atoms with Crippen LogP contribution in [0.25, 0.3) is 11.3 Å². The molecule has 0 radical (unpaired) electrons. The number of aromatic nitrogens is 1. The summed E-state index contributed by atoms with van der Waals surface area (Å²) < 4.78 is 21.7. The lowest BCUT2D eigenvalue weighted by molar-refractivity contribution is -0.137. The number of carbonyl (C=O) groups is 1. The van der Waals surface area contributed by atoms with Crippen LogP contribution in [-0.2, 0) is 22.7 Å². The van der Waals surface area contributed by atoms with Crippen molar-refractivity contribution in [1.29, 1.82) is 0 Å². The number of likely N-dealkylation sites (N-methyl/N-ethyl adjacent to an activating group) is 1. The summed E-state index contributed by atoms with van der Waals surface area (Å²) >= 11 is 0. The van der Waals surface area contributed by atoms with E-state index in [1.165, 1.54) is 0 Å². The number of rotatable bonds is 8. The highest BCUT2D eigenvalue weighted by atomic mass is 16.7. The standard InChI is InChI=1S/C22H22N2O5/c1-2-24(12-16-6-4-3-5-7-16)22(25)14-26-13-18-11-20(29-23-18)17-8-9-19-21(10-17)28-15-27-19/h3-11H,2,12-15H2,1H3. The first-order valence-electron chi connectivity index (χ1n) is 9.48. The van der Waals surface area contributed by atoms with Crippen molar-refractivity contribution in [3.63, 3.8) is 0 Å². The number of fused-ring (bicyclic) bond motifs is 1. The summed E-state index contributed by atoms with van der Waals surface area (Å²) in [5.41, 5.74) is 2.55. The number of nitrogens with zero attached hydrogens (tertiary/aromatic N) is 2. The van der Waals surface area contributed by atoms with Crippen molar-refractivity contribution in [1.82, 2.24) is 10.1 Å². The van der Waals surface area contributed by atoms with Crippen molar-refractivity contribution in [2.75, 3.05) is 19.9 Å². The van der Waals surface area contributed by atoms with Crippen molar-refractivity contribution in [3.05, 3.63) is 65.9 Å². The third kappa shape index (κ3) is 4.57. The van der Waals surface area contributed by atoms with E-state index in [9.17, 15) is 4.79 Å². The largest absolute Gasteiger partial charge is 0.454 e. The van der Waals surface area contributed by atoms with E-state index < -0.39 is 0 Å². The molecule has 0 N–H and O–H groups in total. The van der Waals surface area contributed by atoms with Crippen LogP contribution in [0.2, 0.25) is 0 Å². The fourth-order valence-corrected chi connectivity index (χ4v) is 3.08. The maximum Gasteiger partial charge on any atom is 0.248 e. The fourth-order valence-electron chi connectivity index (χ4n) is 3.08. The highest BCUT2D eigenvalue weighted by Gasteiger charge is 2.17. The van der Waals surface area contributed by atoms with Gasteiger partial charge in [0.2, 0.25) is 12.7 Å². The van der Waals surface area contributed by atoms with Crippen LogP contribution in [0.15, 0.2) is 59.1 Å². The molecular weight excluding hydrogens is 372 g/mol. The van der Waals surface area contributed by atoms with Crippen molar-refractivity contribution in [3.8, 4) is 22.8 Å². The average Bonchev–Trinajstić information content (AvgIpc) is 3.41. The summed E-state index contributed by atoms with van der Waals surface area (Å²) in [5.74, 6) is 1.94. The second-order valence-electron chi connectivity index (χ2n) is 6.64. The van der Waals surface area contributed by atoms with Crippen molar-refractivity contribution >= 4 is 5.91 Å². The molecule has 4 rings (SSSR count). The number of amides is 1. The Kier molecular flexibility index (Phi) is 5.76. The molecule has 3 aromatic rings. The van der Waals surface area contributed by atoms with E-state index in [-0.39, 0.29) is 25.9 Å². The Morgan fingerprint density at radius 3 is 2.76 bits per heavy atom. The quantitative estimate of drug-likeness (QED) is 0.581. The topological polar surface area (TPSA) is 74.0 Å². The van der Waals surface area contributed by atoms with Gasteiger partial charge < -0.3 is 23.6 Å². The third-order valence-corrected chi connectivity index (χ3v) is 4.64. The Balaban J connectivity index is 1.30. The lowest BCUT2D eigenvalue weighted by Gasteiger charge is -2.20. The molecule has 1 amide bonds. The van der Waals surface area contributed by atoms with Gasteiger partial charge in [0.1, 0.15) is 12.3 Å². The van der Waals surface area contributed by atoms with Gasteiger partial charge >= 0.3 is 0 Å². The molecule has 7 heteroatoms. The van der Waals surface area contributed by atoms with Crippen molar-refractivity contribution in [2.24, 2.45) is 0 Å². The van der Waals surface area contributed by atoms with Gasteiger partial charge in [0.15, 0.2) is 17.3 Å². The van der Waals surface area contributed by atoms with E-state index in [1.54, 1.807) is 11.0 Å². The van der Waals surface area contributed by atoms with Gasteiger partial charge in [-0.3, -0.25) is 4.79 Å². The maximum atomic E-state index is 12.4. The molecule has 0 aliphatic carbocycles. The van der Waals surface area contributed by atoms with E-state index in [2.05, 4.69) is 5.16 Å². The summed E-state index contributed by atoms with van der Waals surface area (Å²) in [5, 5.41) is 4.02. The predicted molar refractivity (Wildman–Crippen MR) is 105 cm³/mol. The first kappa shape index (κ1) is 19.0. The first-order valence-corrected chi connectivity index (χ1v) is 9.48. The molecule has 29 heavy (non-hydrogen) atoms. The van der Waals surface area contributed by atoms with Gasteiger partial charge in [-0.05, 0) is 30.7 Å². The van der Waals surface area contributed by atoms with E-state index in [0.717, 1.165) is 11.1 Å². The summed E-state index contributed by atoms with van der Waals surface area (Å²) in [7, 11) is 0. The zero-order chi connectivity index (χ0) is 20.1. The van der Waals surface area contributed by atoms with Gasteiger partial charge in [0.05, 0.1) is 6.61 Å². The monoisotopic (exact) mass is 394 g/mol. The Labute approximate surface area is 168 Å². The molecule has 0 saturated heterocycles. The van der Waals surface area contributed by atoms with Crippen LogP contribution in [0.3, 0.4) is 0 Å². The highest BCUT2D eigenvalue weighted by molar-refractivity contribution is 5.77. The minimum absolute atomic E-state index is 0.00705. The summed E-state index contributed by atoms with van der Waals surface area (Å²) in [6, 6.07) is 17.3. The lowest BCUT2D eigenvalue weighted by atomic mass is 10.1. The number of hydrogen-bond acceptors (Lipinski definition) is 6. The predicted octanol–water partition coefficient (Wildman–Crippen LogP) is 3.64. The SMILES string of the molecule is CCN(Cc1ccccc1)C(=O)COCc1cc(-c2ccc3c(c2)OCO3)on1. The Hall–Kier alpha value is -3.32. The maximum absolute atomic E-state index is 12.4. The van der Waals surface area contributed by atoms with Crippen LogP contribution in [0.1, 0.15) is 18.2 Å². The van der Waals surface area contributed by atoms with Gasteiger partial charge in [-0.2, -0.15) is 0 Å². The molecule has 0 unspecified atom stereocenters. The summed E-state index contributed by atoms with van der Waals surface area (Å²) in [4.78, 5) is 14.2. The first-order chi connectivity index (χ1) is 14.2. The van der Waals surface area contributed by atoms with Gasteiger partial charge in [-0.15, -0.1) is 0 Å². The molecule has 0 atom stereocenters. The van der Waals surface area contributed by atoms with Crippen molar-refractivity contribution < 1.29 is 23.5 Å². The molecule has 0 saturated carbocycles. The second-order valence-corrected chi connectivity index (χ2v) is 6.64. The van der Waals surface area contributed by atoms with Crippen LogP contribution in [0, 0.1) is 0 Å². The Morgan fingerprint density at radius 1 is 1.10 bits per heavy atom. The molecule has 2 aromatic carbocycles. The third-order valence-electron chi connectivity index (χ3n) is 4.64. The van der Waals surface area contributed by atoms with Gasteiger partial charge in [0, 0.05) is 24.7 Å². The zero-order valence-electron chi connectivity index (χ0n) is 16.2. The van der Waals surface area contributed by atoms with Crippen LogP contribution in [-0.4, -0.2) is 35.9 Å². The lowest BCUT2D eigenvalue weighted by Crippen LogP contribution is -2.33. The number of hydrogen-bond donors (Lipinski definition) is 0. The smallest absolute Gasteiger partial charge is 0.248 e. The van der Waals surface area contributed by atoms with Crippen molar-refractivity contribution in [2.45, 2.75) is 20.1 Å². The average molecular weight is 394 g/mol. The fraction of sp³-hybridized carbons (Fsp3) is 0.273. The number of ether oxygens (including phenoxy) is 3. The van der Waals surface area contributed by atoms with Gasteiger partial charge in [-0.1, -0.05) is 35.5 Å². The second kappa shape index (κ2) is 8.79. The van der Waals surface area contributed by atoms with Gasteiger partial charge in [-0.25, -0.2) is 0 Å².